The normalized spacial score (nSPS) is 22.0. The molecular weight excluding hydrogens is 202 g/mol. The molecule has 1 aliphatic carbocycles. The minimum atomic E-state index is -0.736. The molecule has 76 valence electrons. The van der Waals surface area contributed by atoms with E-state index in [-0.39, 0.29) is 11.8 Å². The lowest BCUT2D eigenvalue weighted by Gasteiger charge is -2.14. The molecule has 1 aliphatic rings. The zero-order chi connectivity index (χ0) is 10.3. The van der Waals surface area contributed by atoms with Crippen molar-refractivity contribution in [1.29, 1.82) is 0 Å². The van der Waals surface area contributed by atoms with E-state index in [0.717, 1.165) is 24.0 Å². The summed E-state index contributed by atoms with van der Waals surface area (Å²) in [6, 6.07) is 0. The number of hydrogen-bond donors (Lipinski definition) is 2. The molecule has 0 fully saturated rings. The Morgan fingerprint density at radius 3 is 3.14 bits per heavy atom. The van der Waals surface area contributed by atoms with Gasteiger partial charge in [-0.2, -0.15) is 0 Å². The molecule has 2 atom stereocenters. The van der Waals surface area contributed by atoms with Gasteiger partial charge in [-0.15, -0.1) is 0 Å². The van der Waals surface area contributed by atoms with Gasteiger partial charge in [-0.1, -0.05) is 18.5 Å². The molecule has 0 bridgehead atoms. The van der Waals surface area contributed by atoms with Crippen molar-refractivity contribution >= 4 is 17.6 Å². The van der Waals surface area contributed by atoms with Gasteiger partial charge in [-0.3, -0.25) is 4.79 Å². The Kier molecular flexibility index (Phi) is 2.27. The summed E-state index contributed by atoms with van der Waals surface area (Å²) in [5, 5.41) is 9.60. The van der Waals surface area contributed by atoms with E-state index in [4.69, 9.17) is 16.7 Å². The van der Waals surface area contributed by atoms with Crippen molar-refractivity contribution in [3.63, 3.8) is 0 Å². The molecule has 0 amide bonds. The van der Waals surface area contributed by atoms with Crippen molar-refractivity contribution in [2.24, 2.45) is 5.92 Å². The predicted octanol–water partition coefficient (Wildman–Crippen LogP) is 2.42. The highest BCUT2D eigenvalue weighted by Gasteiger charge is 2.33. The molecule has 1 aromatic rings. The van der Waals surface area contributed by atoms with Crippen LogP contribution >= 0.6 is 11.6 Å². The molecule has 14 heavy (non-hydrogen) atoms. The van der Waals surface area contributed by atoms with Crippen molar-refractivity contribution in [1.82, 2.24) is 4.98 Å². The number of carboxylic acids is 1. The second kappa shape index (κ2) is 3.31. The number of aromatic nitrogens is 1. The summed E-state index contributed by atoms with van der Waals surface area (Å²) in [6.07, 6.45) is 3.63. The smallest absolute Gasteiger partial charge is 0.306 e. The van der Waals surface area contributed by atoms with Gasteiger partial charge < -0.3 is 10.1 Å². The third kappa shape index (κ3) is 1.32. The van der Waals surface area contributed by atoms with Crippen LogP contribution in [-0.2, 0) is 11.2 Å². The number of aliphatic carboxylic acids is 1. The number of rotatable bonds is 2. The Labute approximate surface area is 87.1 Å². The molecule has 4 heteroatoms. The molecule has 3 nitrogen and oxygen atoms in total. The van der Waals surface area contributed by atoms with Crippen molar-refractivity contribution in [3.05, 3.63) is 22.5 Å². The summed E-state index contributed by atoms with van der Waals surface area (Å²) in [5.41, 5.74) is 2.19. The van der Waals surface area contributed by atoms with Crippen LogP contribution in [0.25, 0.3) is 0 Å². The summed E-state index contributed by atoms with van der Waals surface area (Å²) >= 11 is 5.93. The van der Waals surface area contributed by atoms with Crippen LogP contribution in [0.3, 0.4) is 0 Å². The summed E-state index contributed by atoms with van der Waals surface area (Å²) in [5.74, 6) is -0.950. The maximum atomic E-state index is 10.9. The fraction of sp³-hybridized carbons (Fsp3) is 0.500. The van der Waals surface area contributed by atoms with Crippen LogP contribution in [0.1, 0.15) is 30.4 Å². The Hall–Kier alpha value is -0.960. The number of fused-ring (bicyclic) bond motifs is 1. The van der Waals surface area contributed by atoms with Gasteiger partial charge in [0.05, 0.1) is 5.92 Å². The molecule has 1 heterocycles. The maximum Gasteiger partial charge on any atom is 0.306 e. The standard InChI is InChI=1S/C10H12ClNO2/c1-5(10(13)14)6-2-3-7-8(6)4-12-9(7)11/h4-6,12H,2-3H2,1H3,(H,13,14). The Bertz CT molecular complexity index is 372. The van der Waals surface area contributed by atoms with E-state index >= 15 is 0 Å². The number of aromatic amines is 1. The predicted molar refractivity (Wildman–Crippen MR) is 53.7 cm³/mol. The van der Waals surface area contributed by atoms with Crippen molar-refractivity contribution < 1.29 is 9.90 Å². The first-order chi connectivity index (χ1) is 6.61. The lowest BCUT2D eigenvalue weighted by molar-refractivity contribution is -0.141. The molecular formula is C10H12ClNO2. The minimum absolute atomic E-state index is 0.117. The van der Waals surface area contributed by atoms with E-state index < -0.39 is 5.97 Å². The molecule has 0 aliphatic heterocycles. The summed E-state index contributed by atoms with van der Waals surface area (Å²) in [7, 11) is 0. The highest BCUT2D eigenvalue weighted by Crippen LogP contribution is 2.41. The number of halogens is 1. The van der Waals surface area contributed by atoms with E-state index in [0.29, 0.717) is 5.15 Å². The van der Waals surface area contributed by atoms with E-state index in [1.807, 2.05) is 6.20 Å². The van der Waals surface area contributed by atoms with Gasteiger partial charge in [0.2, 0.25) is 0 Å². The third-order valence-corrected chi connectivity index (χ3v) is 3.40. The number of carbonyl (C=O) groups is 1. The van der Waals surface area contributed by atoms with Crippen LogP contribution in [0.2, 0.25) is 5.15 Å². The second-order valence-electron chi connectivity index (χ2n) is 3.81. The number of H-pyrrole nitrogens is 1. The molecule has 1 aromatic heterocycles. The minimum Gasteiger partial charge on any atom is -0.481 e. The first-order valence-corrected chi connectivity index (χ1v) is 5.07. The lowest BCUT2D eigenvalue weighted by atomic mass is 9.90. The molecule has 0 radical (unpaired) electrons. The number of hydrogen-bond acceptors (Lipinski definition) is 1. The van der Waals surface area contributed by atoms with Crippen LogP contribution < -0.4 is 0 Å². The van der Waals surface area contributed by atoms with Crippen molar-refractivity contribution in [3.8, 4) is 0 Å². The van der Waals surface area contributed by atoms with Crippen LogP contribution in [0.15, 0.2) is 6.20 Å². The zero-order valence-corrected chi connectivity index (χ0v) is 8.64. The Morgan fingerprint density at radius 1 is 1.79 bits per heavy atom. The molecule has 0 aromatic carbocycles. The molecule has 2 unspecified atom stereocenters. The van der Waals surface area contributed by atoms with Gasteiger partial charge >= 0.3 is 5.97 Å². The van der Waals surface area contributed by atoms with Crippen LogP contribution in [-0.4, -0.2) is 16.1 Å². The van der Waals surface area contributed by atoms with E-state index in [1.165, 1.54) is 0 Å². The zero-order valence-electron chi connectivity index (χ0n) is 7.88. The number of nitrogens with one attached hydrogen (secondary N) is 1. The lowest BCUT2D eigenvalue weighted by Crippen LogP contribution is -2.16. The molecule has 0 spiro atoms. The summed E-state index contributed by atoms with van der Waals surface area (Å²) in [4.78, 5) is 13.8. The van der Waals surface area contributed by atoms with Gasteiger partial charge in [0.25, 0.3) is 0 Å². The first-order valence-electron chi connectivity index (χ1n) is 4.69. The SMILES string of the molecule is CC(C(=O)O)C1CCc2c1c[nH]c2Cl. The highest BCUT2D eigenvalue weighted by molar-refractivity contribution is 6.30. The van der Waals surface area contributed by atoms with Crippen molar-refractivity contribution in [2.75, 3.05) is 0 Å². The topological polar surface area (TPSA) is 53.1 Å². The quantitative estimate of drug-likeness (QED) is 0.793. The van der Waals surface area contributed by atoms with Crippen LogP contribution in [0, 0.1) is 5.92 Å². The largest absolute Gasteiger partial charge is 0.481 e. The highest BCUT2D eigenvalue weighted by atomic mass is 35.5. The average Bonchev–Trinajstić information content (AvgIpc) is 2.68. The Morgan fingerprint density at radius 2 is 2.50 bits per heavy atom. The maximum absolute atomic E-state index is 10.9. The summed E-state index contributed by atoms with van der Waals surface area (Å²) < 4.78 is 0. The van der Waals surface area contributed by atoms with Gasteiger partial charge in [0.15, 0.2) is 0 Å². The fourth-order valence-electron chi connectivity index (χ4n) is 2.17. The first kappa shape index (κ1) is 9.59. The van der Waals surface area contributed by atoms with E-state index in [1.54, 1.807) is 6.92 Å². The third-order valence-electron chi connectivity index (χ3n) is 3.07. The summed E-state index contributed by atoms with van der Waals surface area (Å²) in [6.45, 7) is 1.75. The van der Waals surface area contributed by atoms with Crippen LogP contribution in [0.5, 0.6) is 0 Å². The van der Waals surface area contributed by atoms with Crippen molar-refractivity contribution in [2.45, 2.75) is 25.7 Å². The second-order valence-corrected chi connectivity index (χ2v) is 4.19. The average molecular weight is 214 g/mol. The molecule has 2 N–H and O–H groups in total. The van der Waals surface area contributed by atoms with Gasteiger partial charge in [-0.05, 0) is 29.9 Å². The Balaban J connectivity index is 2.30. The fourth-order valence-corrected chi connectivity index (χ4v) is 2.43. The van der Waals surface area contributed by atoms with E-state index in [9.17, 15) is 4.79 Å². The van der Waals surface area contributed by atoms with Crippen LogP contribution in [0.4, 0.5) is 0 Å². The van der Waals surface area contributed by atoms with Gasteiger partial charge in [0, 0.05) is 6.20 Å². The van der Waals surface area contributed by atoms with Gasteiger partial charge in [-0.25, -0.2) is 0 Å². The van der Waals surface area contributed by atoms with Gasteiger partial charge in [0.1, 0.15) is 5.15 Å². The monoisotopic (exact) mass is 213 g/mol. The molecule has 0 saturated heterocycles. The molecule has 0 saturated carbocycles. The van der Waals surface area contributed by atoms with E-state index in [2.05, 4.69) is 4.98 Å². The molecule has 2 rings (SSSR count). The number of carboxylic acid groups (broad SMARTS) is 1.